The third kappa shape index (κ3) is 3.27. The molecule has 7 heteroatoms. The van der Waals surface area contributed by atoms with E-state index in [1.54, 1.807) is 33.2 Å². The molecule has 19 heavy (non-hydrogen) atoms. The van der Waals surface area contributed by atoms with Crippen molar-refractivity contribution in [2.24, 2.45) is 0 Å². The Labute approximate surface area is 114 Å². The lowest BCUT2D eigenvalue weighted by molar-refractivity contribution is 0.343. The standard InChI is InChI=1S/C12H22N4O2S/c1-12(2,3)19(17,18)15-10-8-14-16(9-10)11-4-6-13-7-5-11/h8-9,11,13,15H,4-7H2,1-3H3. The van der Waals surface area contributed by atoms with Gasteiger partial charge in [-0.15, -0.1) is 0 Å². The van der Waals surface area contributed by atoms with Crippen molar-refractivity contribution >= 4 is 15.7 Å². The molecular formula is C12H22N4O2S. The van der Waals surface area contributed by atoms with Crippen LogP contribution in [0.25, 0.3) is 0 Å². The van der Waals surface area contributed by atoms with Crippen molar-refractivity contribution in [2.45, 2.75) is 44.4 Å². The van der Waals surface area contributed by atoms with Gasteiger partial charge in [0.15, 0.2) is 0 Å². The summed E-state index contributed by atoms with van der Waals surface area (Å²) in [4.78, 5) is 0. The number of anilines is 1. The van der Waals surface area contributed by atoms with Gasteiger partial charge in [-0.05, 0) is 46.7 Å². The zero-order chi connectivity index (χ0) is 14.1. The van der Waals surface area contributed by atoms with E-state index in [4.69, 9.17) is 0 Å². The molecule has 0 spiro atoms. The lowest BCUT2D eigenvalue weighted by atomic mass is 10.1. The van der Waals surface area contributed by atoms with E-state index in [2.05, 4.69) is 15.1 Å². The van der Waals surface area contributed by atoms with Crippen LogP contribution in [-0.4, -0.2) is 36.0 Å². The lowest BCUT2D eigenvalue weighted by Crippen LogP contribution is -2.33. The zero-order valence-electron chi connectivity index (χ0n) is 11.7. The topological polar surface area (TPSA) is 76.0 Å². The quantitative estimate of drug-likeness (QED) is 0.879. The van der Waals surface area contributed by atoms with Crippen LogP contribution in [0.15, 0.2) is 12.4 Å². The number of piperidine rings is 1. The highest BCUT2D eigenvalue weighted by Crippen LogP contribution is 2.22. The van der Waals surface area contributed by atoms with Crippen molar-refractivity contribution < 1.29 is 8.42 Å². The summed E-state index contributed by atoms with van der Waals surface area (Å²) in [5.41, 5.74) is 0.536. The van der Waals surface area contributed by atoms with Gasteiger partial charge in [0.2, 0.25) is 10.0 Å². The molecule has 1 saturated heterocycles. The maximum absolute atomic E-state index is 12.0. The number of hydrogen-bond acceptors (Lipinski definition) is 4. The van der Waals surface area contributed by atoms with Gasteiger partial charge in [0.25, 0.3) is 0 Å². The summed E-state index contributed by atoms with van der Waals surface area (Å²) in [5.74, 6) is 0. The first-order chi connectivity index (χ1) is 8.79. The molecule has 6 nitrogen and oxygen atoms in total. The smallest absolute Gasteiger partial charge is 0.237 e. The summed E-state index contributed by atoms with van der Waals surface area (Å²) in [5, 5.41) is 7.56. The van der Waals surface area contributed by atoms with Gasteiger partial charge >= 0.3 is 0 Å². The Hall–Kier alpha value is -1.08. The summed E-state index contributed by atoms with van der Waals surface area (Å²) in [7, 11) is -3.38. The fourth-order valence-electron chi connectivity index (χ4n) is 1.97. The third-order valence-electron chi connectivity index (χ3n) is 3.34. The van der Waals surface area contributed by atoms with Crippen LogP contribution in [0.5, 0.6) is 0 Å². The molecule has 0 aromatic carbocycles. The van der Waals surface area contributed by atoms with Gasteiger partial charge in [-0.1, -0.05) is 0 Å². The van der Waals surface area contributed by atoms with Crippen LogP contribution in [-0.2, 0) is 10.0 Å². The molecule has 1 aromatic heterocycles. The molecule has 0 saturated carbocycles. The van der Waals surface area contributed by atoms with Gasteiger partial charge < -0.3 is 5.32 Å². The highest BCUT2D eigenvalue weighted by Gasteiger charge is 2.29. The molecule has 2 heterocycles. The van der Waals surface area contributed by atoms with Crippen molar-refractivity contribution in [3.8, 4) is 0 Å². The van der Waals surface area contributed by atoms with E-state index in [0.717, 1.165) is 25.9 Å². The van der Waals surface area contributed by atoms with Crippen LogP contribution in [0.4, 0.5) is 5.69 Å². The predicted octanol–water partition coefficient (Wildman–Crippen LogP) is 1.35. The van der Waals surface area contributed by atoms with E-state index in [0.29, 0.717) is 11.7 Å². The zero-order valence-corrected chi connectivity index (χ0v) is 12.5. The molecule has 1 aromatic rings. The molecule has 1 aliphatic heterocycles. The van der Waals surface area contributed by atoms with E-state index >= 15 is 0 Å². The fourth-order valence-corrected chi connectivity index (χ4v) is 2.69. The van der Waals surface area contributed by atoms with Gasteiger partial charge in [0.1, 0.15) is 0 Å². The van der Waals surface area contributed by atoms with Crippen molar-refractivity contribution in [2.75, 3.05) is 17.8 Å². The normalized spacial score (nSPS) is 18.5. The Morgan fingerprint density at radius 2 is 2.00 bits per heavy atom. The van der Waals surface area contributed by atoms with Crippen LogP contribution in [0.2, 0.25) is 0 Å². The molecule has 0 amide bonds. The molecule has 2 rings (SSSR count). The van der Waals surface area contributed by atoms with Crippen LogP contribution in [0, 0.1) is 0 Å². The van der Waals surface area contributed by atoms with Gasteiger partial charge in [0.05, 0.1) is 22.7 Å². The van der Waals surface area contributed by atoms with Crippen molar-refractivity contribution in [1.82, 2.24) is 15.1 Å². The van der Waals surface area contributed by atoms with Crippen molar-refractivity contribution in [3.05, 3.63) is 12.4 Å². The maximum atomic E-state index is 12.0. The summed E-state index contributed by atoms with van der Waals surface area (Å²) >= 11 is 0. The highest BCUT2D eigenvalue weighted by atomic mass is 32.2. The van der Waals surface area contributed by atoms with E-state index in [1.807, 2.05) is 4.68 Å². The molecule has 0 radical (unpaired) electrons. The Balaban J connectivity index is 2.09. The molecule has 2 N–H and O–H groups in total. The van der Waals surface area contributed by atoms with Crippen molar-refractivity contribution in [1.29, 1.82) is 0 Å². The molecule has 108 valence electrons. The first-order valence-electron chi connectivity index (χ1n) is 6.57. The Bertz CT molecular complexity index is 524. The molecule has 0 aliphatic carbocycles. The lowest BCUT2D eigenvalue weighted by Gasteiger charge is -2.23. The number of nitrogens with one attached hydrogen (secondary N) is 2. The van der Waals surface area contributed by atoms with Gasteiger partial charge in [-0.25, -0.2) is 8.42 Å². The molecule has 0 bridgehead atoms. The van der Waals surface area contributed by atoms with Crippen LogP contribution in [0.1, 0.15) is 39.7 Å². The first-order valence-corrected chi connectivity index (χ1v) is 8.05. The molecule has 1 fully saturated rings. The molecule has 1 aliphatic rings. The third-order valence-corrected chi connectivity index (χ3v) is 5.46. The van der Waals surface area contributed by atoms with E-state index in [9.17, 15) is 8.42 Å². The minimum absolute atomic E-state index is 0.356. The second-order valence-corrected chi connectivity index (χ2v) is 8.34. The Morgan fingerprint density at radius 3 is 2.58 bits per heavy atom. The second-order valence-electron chi connectivity index (χ2n) is 5.91. The number of sulfonamides is 1. The van der Waals surface area contributed by atoms with E-state index in [1.165, 1.54) is 0 Å². The monoisotopic (exact) mass is 286 g/mol. The van der Waals surface area contributed by atoms with Crippen molar-refractivity contribution in [3.63, 3.8) is 0 Å². The SMILES string of the molecule is CC(C)(C)S(=O)(=O)Nc1cnn(C2CCNCC2)c1. The maximum Gasteiger partial charge on any atom is 0.237 e. The van der Waals surface area contributed by atoms with Crippen LogP contribution in [0.3, 0.4) is 0 Å². The van der Waals surface area contributed by atoms with E-state index in [-0.39, 0.29) is 0 Å². The number of nitrogens with zero attached hydrogens (tertiary/aromatic N) is 2. The van der Waals surface area contributed by atoms with E-state index < -0.39 is 14.8 Å². The molecular weight excluding hydrogens is 264 g/mol. The second kappa shape index (κ2) is 5.13. The van der Waals surface area contributed by atoms with Crippen LogP contribution < -0.4 is 10.0 Å². The average molecular weight is 286 g/mol. The largest absolute Gasteiger partial charge is 0.317 e. The number of rotatable bonds is 3. The first kappa shape index (κ1) is 14.3. The summed E-state index contributed by atoms with van der Waals surface area (Å²) < 4.78 is 27.7. The Kier molecular flexibility index (Phi) is 3.87. The highest BCUT2D eigenvalue weighted by molar-refractivity contribution is 7.94. The number of hydrogen-bond donors (Lipinski definition) is 2. The summed E-state index contributed by atoms with van der Waals surface area (Å²) in [6, 6.07) is 0.356. The minimum Gasteiger partial charge on any atom is -0.317 e. The average Bonchev–Trinajstić information content (AvgIpc) is 2.76. The van der Waals surface area contributed by atoms with Gasteiger partial charge in [-0.2, -0.15) is 5.10 Å². The van der Waals surface area contributed by atoms with Gasteiger partial charge in [0, 0.05) is 6.20 Å². The predicted molar refractivity (Wildman–Crippen MR) is 75.7 cm³/mol. The summed E-state index contributed by atoms with van der Waals surface area (Å²) in [6.07, 6.45) is 5.39. The van der Waals surface area contributed by atoms with Gasteiger partial charge in [-0.3, -0.25) is 9.40 Å². The van der Waals surface area contributed by atoms with Crippen LogP contribution >= 0.6 is 0 Å². The molecule has 0 unspecified atom stereocenters. The summed E-state index contributed by atoms with van der Waals surface area (Å²) in [6.45, 7) is 6.98. The molecule has 0 atom stereocenters. The Morgan fingerprint density at radius 1 is 1.37 bits per heavy atom. The number of aromatic nitrogens is 2. The fraction of sp³-hybridized carbons (Fsp3) is 0.750. The minimum atomic E-state index is -3.38.